The Morgan fingerprint density at radius 2 is 1.56 bits per heavy atom. The van der Waals surface area contributed by atoms with E-state index >= 15 is 0 Å². The molecule has 2 rings (SSSR count). The van der Waals surface area contributed by atoms with Gasteiger partial charge < -0.3 is 0 Å². The molecular formula is C13H22N2O2S. The summed E-state index contributed by atoms with van der Waals surface area (Å²) in [5.74, 6) is 0. The van der Waals surface area contributed by atoms with Crippen molar-refractivity contribution >= 4 is 10.0 Å². The highest BCUT2D eigenvalue weighted by atomic mass is 32.2. The summed E-state index contributed by atoms with van der Waals surface area (Å²) in [7, 11) is -3.33. The first-order valence-corrected chi connectivity index (χ1v) is 8.57. The van der Waals surface area contributed by atoms with Crippen LogP contribution in [0.1, 0.15) is 64.2 Å². The second-order valence-electron chi connectivity index (χ2n) is 5.66. The van der Waals surface area contributed by atoms with E-state index in [1.807, 2.05) is 0 Å². The van der Waals surface area contributed by atoms with E-state index < -0.39 is 15.6 Å². The topological polar surface area (TPSA) is 70.0 Å². The molecule has 2 fully saturated rings. The summed E-state index contributed by atoms with van der Waals surface area (Å²) in [5.41, 5.74) is -0.825. The lowest BCUT2D eigenvalue weighted by molar-refractivity contribution is 0.334. The lowest BCUT2D eigenvalue weighted by Crippen LogP contribution is -2.51. The molecule has 18 heavy (non-hydrogen) atoms. The quantitative estimate of drug-likeness (QED) is 0.856. The zero-order chi connectivity index (χ0) is 13.1. The van der Waals surface area contributed by atoms with Crippen molar-refractivity contribution in [2.24, 2.45) is 0 Å². The van der Waals surface area contributed by atoms with Gasteiger partial charge in [0.15, 0.2) is 0 Å². The molecule has 0 aliphatic heterocycles. The van der Waals surface area contributed by atoms with Crippen LogP contribution in [0.15, 0.2) is 0 Å². The average Bonchev–Trinajstić information content (AvgIpc) is 2.40. The van der Waals surface area contributed by atoms with Crippen LogP contribution in [0.25, 0.3) is 0 Å². The standard InChI is InChI=1S/C13H22N2O2S/c14-11-13(9-5-2-6-10-13)15-18(16,17)12-7-3-1-4-8-12/h12,15H,1-10H2. The third-order valence-corrected chi connectivity index (χ3v) is 6.27. The maximum absolute atomic E-state index is 12.4. The molecule has 0 bridgehead atoms. The van der Waals surface area contributed by atoms with Crippen molar-refractivity contribution < 1.29 is 8.42 Å². The number of nitriles is 1. The highest BCUT2D eigenvalue weighted by molar-refractivity contribution is 7.90. The molecule has 0 aromatic carbocycles. The Bertz CT molecular complexity index is 413. The summed E-state index contributed by atoms with van der Waals surface area (Å²) in [4.78, 5) is 0. The first-order chi connectivity index (χ1) is 8.58. The SMILES string of the molecule is N#CC1(NS(=O)(=O)C2CCCCC2)CCCCC1. The van der Waals surface area contributed by atoms with E-state index in [0.717, 1.165) is 51.4 Å². The van der Waals surface area contributed by atoms with Gasteiger partial charge in [0.2, 0.25) is 10.0 Å². The Hall–Kier alpha value is -0.600. The van der Waals surface area contributed by atoms with Gasteiger partial charge in [-0.2, -0.15) is 9.98 Å². The maximum Gasteiger partial charge on any atom is 0.215 e. The normalized spacial score (nSPS) is 25.5. The molecule has 2 aliphatic carbocycles. The predicted octanol–water partition coefficient (Wildman–Crippen LogP) is 2.46. The monoisotopic (exact) mass is 270 g/mol. The summed E-state index contributed by atoms with van der Waals surface area (Å²) >= 11 is 0. The van der Waals surface area contributed by atoms with Crippen LogP contribution >= 0.6 is 0 Å². The summed E-state index contributed by atoms with van der Waals surface area (Å²) in [6, 6.07) is 2.22. The van der Waals surface area contributed by atoms with Crippen LogP contribution in [0.4, 0.5) is 0 Å². The van der Waals surface area contributed by atoms with Gasteiger partial charge >= 0.3 is 0 Å². The molecule has 2 aliphatic rings. The summed E-state index contributed by atoms with van der Waals surface area (Å²) in [6.07, 6.45) is 8.93. The molecule has 0 saturated heterocycles. The Morgan fingerprint density at radius 1 is 1.00 bits per heavy atom. The highest BCUT2D eigenvalue weighted by Gasteiger charge is 2.39. The van der Waals surface area contributed by atoms with Gasteiger partial charge in [-0.25, -0.2) is 8.42 Å². The Morgan fingerprint density at radius 3 is 2.11 bits per heavy atom. The largest absolute Gasteiger partial charge is 0.215 e. The van der Waals surface area contributed by atoms with Gasteiger partial charge in [0, 0.05) is 0 Å². The van der Waals surface area contributed by atoms with Crippen LogP contribution in [-0.4, -0.2) is 19.2 Å². The molecule has 0 spiro atoms. The predicted molar refractivity (Wildman–Crippen MR) is 70.4 cm³/mol. The second-order valence-corrected chi connectivity index (χ2v) is 7.62. The molecule has 0 aromatic rings. The lowest BCUT2D eigenvalue weighted by atomic mass is 9.84. The molecule has 1 N–H and O–H groups in total. The smallest absolute Gasteiger partial charge is 0.212 e. The summed E-state index contributed by atoms with van der Waals surface area (Å²) < 4.78 is 27.5. The molecule has 102 valence electrons. The van der Waals surface area contributed by atoms with E-state index in [4.69, 9.17) is 0 Å². The molecular weight excluding hydrogens is 248 g/mol. The van der Waals surface area contributed by atoms with Crippen LogP contribution in [0, 0.1) is 11.3 Å². The molecule has 0 amide bonds. The van der Waals surface area contributed by atoms with Gasteiger partial charge in [-0.3, -0.25) is 0 Å². The zero-order valence-electron chi connectivity index (χ0n) is 10.8. The Labute approximate surface area is 110 Å². The Kier molecular flexibility index (Phi) is 4.29. The fourth-order valence-electron chi connectivity index (χ4n) is 3.12. The molecule has 0 heterocycles. The van der Waals surface area contributed by atoms with Crippen molar-refractivity contribution in [3.63, 3.8) is 0 Å². The third-order valence-electron chi connectivity index (χ3n) is 4.25. The molecule has 2 saturated carbocycles. The fraction of sp³-hybridized carbons (Fsp3) is 0.923. The first kappa shape index (κ1) is 13.8. The molecule has 0 aromatic heterocycles. The van der Waals surface area contributed by atoms with E-state index in [0.29, 0.717) is 12.8 Å². The van der Waals surface area contributed by atoms with Crippen LogP contribution in [0.5, 0.6) is 0 Å². The van der Waals surface area contributed by atoms with Gasteiger partial charge in [0.1, 0.15) is 5.54 Å². The van der Waals surface area contributed by atoms with Crippen molar-refractivity contribution in [1.82, 2.24) is 4.72 Å². The van der Waals surface area contributed by atoms with Crippen molar-refractivity contribution in [3.05, 3.63) is 0 Å². The average molecular weight is 270 g/mol. The van der Waals surface area contributed by atoms with Gasteiger partial charge in [0.25, 0.3) is 0 Å². The number of hydrogen-bond donors (Lipinski definition) is 1. The number of rotatable bonds is 3. The van der Waals surface area contributed by atoms with Gasteiger partial charge in [-0.1, -0.05) is 38.5 Å². The minimum atomic E-state index is -3.33. The van der Waals surface area contributed by atoms with Crippen molar-refractivity contribution in [2.75, 3.05) is 0 Å². The summed E-state index contributed by atoms with van der Waals surface area (Å²) in [5, 5.41) is 9.05. The minimum Gasteiger partial charge on any atom is -0.212 e. The third kappa shape index (κ3) is 3.04. The van der Waals surface area contributed by atoms with Crippen LogP contribution in [0.2, 0.25) is 0 Å². The fourth-order valence-corrected chi connectivity index (χ4v) is 5.04. The molecule has 0 radical (unpaired) electrons. The van der Waals surface area contributed by atoms with Crippen LogP contribution in [-0.2, 0) is 10.0 Å². The highest BCUT2D eigenvalue weighted by Crippen LogP contribution is 2.30. The van der Waals surface area contributed by atoms with E-state index in [1.165, 1.54) is 0 Å². The summed E-state index contributed by atoms with van der Waals surface area (Å²) in [6.45, 7) is 0. The number of nitrogens with zero attached hydrogens (tertiary/aromatic N) is 1. The molecule has 0 unspecified atom stereocenters. The van der Waals surface area contributed by atoms with E-state index in [-0.39, 0.29) is 5.25 Å². The number of sulfonamides is 1. The molecule has 5 heteroatoms. The molecule has 0 atom stereocenters. The second kappa shape index (κ2) is 5.58. The van der Waals surface area contributed by atoms with Gasteiger partial charge in [-0.15, -0.1) is 0 Å². The first-order valence-electron chi connectivity index (χ1n) is 7.02. The number of nitrogens with one attached hydrogen (secondary N) is 1. The van der Waals surface area contributed by atoms with E-state index in [1.54, 1.807) is 0 Å². The van der Waals surface area contributed by atoms with E-state index in [2.05, 4.69) is 10.8 Å². The van der Waals surface area contributed by atoms with Crippen LogP contribution in [0.3, 0.4) is 0 Å². The van der Waals surface area contributed by atoms with Gasteiger partial charge in [-0.05, 0) is 25.7 Å². The zero-order valence-corrected chi connectivity index (χ0v) is 11.6. The maximum atomic E-state index is 12.4. The Balaban J connectivity index is 2.08. The van der Waals surface area contributed by atoms with Gasteiger partial charge in [0.05, 0.1) is 11.3 Å². The van der Waals surface area contributed by atoms with Crippen LogP contribution < -0.4 is 4.72 Å². The number of hydrogen-bond acceptors (Lipinski definition) is 3. The minimum absolute atomic E-state index is 0.279. The van der Waals surface area contributed by atoms with Crippen molar-refractivity contribution in [2.45, 2.75) is 75.0 Å². The lowest BCUT2D eigenvalue weighted by Gasteiger charge is -2.33. The molecule has 4 nitrogen and oxygen atoms in total. The van der Waals surface area contributed by atoms with Crippen molar-refractivity contribution in [1.29, 1.82) is 5.26 Å². The van der Waals surface area contributed by atoms with Crippen molar-refractivity contribution in [3.8, 4) is 6.07 Å². The van der Waals surface area contributed by atoms with E-state index in [9.17, 15) is 13.7 Å².